The highest BCUT2D eigenvalue weighted by molar-refractivity contribution is 8.00. The van der Waals surface area contributed by atoms with Crippen molar-refractivity contribution in [2.45, 2.75) is 17.0 Å². The summed E-state index contributed by atoms with van der Waals surface area (Å²) in [4.78, 5) is 4.46. The molecule has 0 fully saturated rings. The molecule has 0 amide bonds. The quantitative estimate of drug-likeness (QED) is 0.335. The minimum Gasteiger partial charge on any atom is -0.338 e. The molecule has 0 spiro atoms. The summed E-state index contributed by atoms with van der Waals surface area (Å²) in [5.41, 5.74) is 3.10. The van der Waals surface area contributed by atoms with Crippen LogP contribution < -0.4 is 0 Å². The van der Waals surface area contributed by atoms with Gasteiger partial charge in [-0.2, -0.15) is 4.98 Å². The third-order valence-electron chi connectivity index (χ3n) is 3.63. The summed E-state index contributed by atoms with van der Waals surface area (Å²) < 4.78 is 8.71. The van der Waals surface area contributed by atoms with Crippen molar-refractivity contribution in [3.63, 3.8) is 0 Å². The maximum Gasteiger partial charge on any atom is 0.237 e. The van der Waals surface area contributed by atoms with Crippen LogP contribution in [0.4, 0.5) is 0 Å². The third-order valence-corrected chi connectivity index (χ3v) is 5.98. The van der Waals surface area contributed by atoms with E-state index in [2.05, 4.69) is 15.2 Å². The number of hydrogen-bond donors (Lipinski definition) is 0. The normalized spacial score (nSPS) is 11.0. The molecule has 2 aromatic carbocycles. The molecular formula is C18H14N4OS3. The van der Waals surface area contributed by atoms with Gasteiger partial charge in [-0.1, -0.05) is 76.3 Å². The summed E-state index contributed by atoms with van der Waals surface area (Å²) in [6, 6.07) is 17.9. The van der Waals surface area contributed by atoms with Gasteiger partial charge in [0.2, 0.25) is 11.7 Å². The Balaban J connectivity index is 1.47. The second-order valence-corrected chi connectivity index (χ2v) is 8.39. The van der Waals surface area contributed by atoms with Crippen molar-refractivity contribution in [3.8, 4) is 17.1 Å². The Morgan fingerprint density at radius 1 is 1.12 bits per heavy atom. The number of rotatable bonds is 5. The molecule has 0 unspecified atom stereocenters. The minimum absolute atomic E-state index is 0.552. The monoisotopic (exact) mass is 398 g/mol. The summed E-state index contributed by atoms with van der Waals surface area (Å²) in [5, 5.41) is 8.63. The van der Waals surface area contributed by atoms with Crippen LogP contribution in [0.2, 0.25) is 0 Å². The Morgan fingerprint density at radius 3 is 2.65 bits per heavy atom. The van der Waals surface area contributed by atoms with Crippen LogP contribution >= 0.6 is 35.3 Å². The van der Waals surface area contributed by atoms with E-state index in [1.54, 1.807) is 4.68 Å². The highest BCUT2D eigenvalue weighted by atomic mass is 32.2. The molecule has 2 aromatic heterocycles. The van der Waals surface area contributed by atoms with Crippen molar-refractivity contribution >= 4 is 35.3 Å². The maximum absolute atomic E-state index is 5.42. The number of aromatic nitrogens is 4. The fourth-order valence-electron chi connectivity index (χ4n) is 2.31. The number of hydrogen-bond acceptors (Lipinski definition) is 7. The fraction of sp³-hybridized carbons (Fsp3) is 0.111. The van der Waals surface area contributed by atoms with E-state index in [0.717, 1.165) is 15.6 Å². The van der Waals surface area contributed by atoms with Gasteiger partial charge in [0.1, 0.15) is 0 Å². The molecule has 0 radical (unpaired) electrons. The highest BCUT2D eigenvalue weighted by Gasteiger charge is 2.11. The molecule has 0 atom stereocenters. The Morgan fingerprint density at radius 2 is 1.88 bits per heavy atom. The second kappa shape index (κ2) is 7.53. The number of nitrogens with zero attached hydrogens (tertiary/aromatic N) is 4. The van der Waals surface area contributed by atoms with Crippen molar-refractivity contribution in [2.75, 3.05) is 0 Å². The van der Waals surface area contributed by atoms with Gasteiger partial charge >= 0.3 is 0 Å². The lowest BCUT2D eigenvalue weighted by atomic mass is 10.1. The van der Waals surface area contributed by atoms with E-state index in [-0.39, 0.29) is 0 Å². The van der Waals surface area contributed by atoms with Gasteiger partial charge in [-0.05, 0) is 31.3 Å². The molecule has 0 saturated heterocycles. The van der Waals surface area contributed by atoms with Crippen molar-refractivity contribution in [3.05, 3.63) is 70.0 Å². The first-order chi connectivity index (χ1) is 12.7. The van der Waals surface area contributed by atoms with Crippen molar-refractivity contribution in [1.82, 2.24) is 19.9 Å². The first-order valence-electron chi connectivity index (χ1n) is 7.87. The molecule has 0 aliphatic heterocycles. The van der Waals surface area contributed by atoms with E-state index in [1.807, 2.05) is 61.5 Å². The number of aryl methyl sites for hydroxylation is 1. The topological polar surface area (TPSA) is 56.7 Å². The number of para-hydroxylation sites is 1. The van der Waals surface area contributed by atoms with E-state index >= 15 is 0 Å². The van der Waals surface area contributed by atoms with E-state index in [0.29, 0.717) is 21.4 Å². The zero-order valence-electron chi connectivity index (χ0n) is 13.8. The smallest absolute Gasteiger partial charge is 0.237 e. The van der Waals surface area contributed by atoms with Crippen LogP contribution in [0.25, 0.3) is 17.1 Å². The zero-order chi connectivity index (χ0) is 17.9. The molecule has 5 nitrogen and oxygen atoms in total. The Hall–Kier alpha value is -2.29. The summed E-state index contributed by atoms with van der Waals surface area (Å²) in [6.07, 6.45) is 0. The molecule has 4 rings (SSSR count). The number of thioether (sulfide) groups is 1. The largest absolute Gasteiger partial charge is 0.338 e. The van der Waals surface area contributed by atoms with Gasteiger partial charge < -0.3 is 4.52 Å². The second-order valence-electron chi connectivity index (χ2n) is 5.55. The maximum atomic E-state index is 5.42. The summed E-state index contributed by atoms with van der Waals surface area (Å²) in [7, 11) is 0. The lowest BCUT2D eigenvalue weighted by Crippen LogP contribution is -1.95. The highest BCUT2D eigenvalue weighted by Crippen LogP contribution is 2.27. The van der Waals surface area contributed by atoms with E-state index < -0.39 is 0 Å². The molecule has 130 valence electrons. The van der Waals surface area contributed by atoms with Crippen LogP contribution in [0, 0.1) is 10.9 Å². The Labute approximate surface area is 163 Å². The van der Waals surface area contributed by atoms with Gasteiger partial charge in [-0.3, -0.25) is 0 Å². The molecular weight excluding hydrogens is 384 g/mol. The molecule has 26 heavy (non-hydrogen) atoms. The summed E-state index contributed by atoms with van der Waals surface area (Å²) in [5.74, 6) is 1.72. The van der Waals surface area contributed by atoms with Crippen molar-refractivity contribution in [2.24, 2.45) is 0 Å². The van der Waals surface area contributed by atoms with Crippen LogP contribution in [0.5, 0.6) is 0 Å². The predicted molar refractivity (Wildman–Crippen MR) is 106 cm³/mol. The van der Waals surface area contributed by atoms with Crippen molar-refractivity contribution < 1.29 is 4.52 Å². The SMILES string of the molecule is Cc1ccc(-c2noc(CSc3nn(-c4ccccc4)c(=S)s3)n2)cc1. The van der Waals surface area contributed by atoms with Crippen LogP contribution in [0.1, 0.15) is 11.5 Å². The van der Waals surface area contributed by atoms with Gasteiger partial charge in [0.15, 0.2) is 8.29 Å². The molecule has 0 N–H and O–H groups in total. The van der Waals surface area contributed by atoms with Crippen LogP contribution in [0.15, 0.2) is 63.5 Å². The van der Waals surface area contributed by atoms with Crippen LogP contribution in [-0.4, -0.2) is 19.9 Å². The predicted octanol–water partition coefficient (Wildman–Crippen LogP) is 5.31. The third kappa shape index (κ3) is 3.77. The first kappa shape index (κ1) is 17.1. The Bertz CT molecular complexity index is 1070. The average molecular weight is 399 g/mol. The average Bonchev–Trinajstić information content (AvgIpc) is 3.28. The molecule has 8 heteroatoms. The zero-order valence-corrected chi connectivity index (χ0v) is 16.3. The van der Waals surface area contributed by atoms with Crippen LogP contribution in [0.3, 0.4) is 0 Å². The first-order valence-corrected chi connectivity index (χ1v) is 10.1. The molecule has 4 aromatic rings. The molecule has 0 saturated carbocycles. The molecule has 0 aliphatic carbocycles. The standard InChI is InChI=1S/C18H14N4OS3/c1-12-7-9-13(10-8-12)16-19-15(23-21-16)11-25-17-20-22(18(24)26-17)14-5-3-2-4-6-14/h2-10H,11H2,1H3. The van der Waals surface area contributed by atoms with E-state index in [9.17, 15) is 0 Å². The van der Waals surface area contributed by atoms with Gasteiger partial charge in [-0.25, -0.2) is 4.68 Å². The summed E-state index contributed by atoms with van der Waals surface area (Å²) >= 11 is 8.43. The lowest BCUT2D eigenvalue weighted by molar-refractivity contribution is 0.391. The molecule has 0 aliphatic rings. The van der Waals surface area contributed by atoms with Crippen molar-refractivity contribution in [1.29, 1.82) is 0 Å². The van der Waals surface area contributed by atoms with Gasteiger partial charge in [0.05, 0.1) is 11.4 Å². The lowest BCUT2D eigenvalue weighted by Gasteiger charge is -1.98. The Kier molecular flexibility index (Phi) is 4.96. The number of benzene rings is 2. The van der Waals surface area contributed by atoms with E-state index in [1.165, 1.54) is 28.7 Å². The minimum atomic E-state index is 0.552. The van der Waals surface area contributed by atoms with E-state index in [4.69, 9.17) is 16.7 Å². The van der Waals surface area contributed by atoms with Gasteiger partial charge in [-0.15, -0.1) is 5.10 Å². The fourth-order valence-corrected chi connectivity index (χ4v) is 4.51. The van der Waals surface area contributed by atoms with Gasteiger partial charge in [0, 0.05) is 5.56 Å². The summed E-state index contributed by atoms with van der Waals surface area (Å²) in [6.45, 7) is 2.05. The molecule has 2 heterocycles. The van der Waals surface area contributed by atoms with Gasteiger partial charge in [0.25, 0.3) is 0 Å². The molecule has 0 bridgehead atoms. The van der Waals surface area contributed by atoms with Crippen LogP contribution in [-0.2, 0) is 5.75 Å².